The van der Waals surface area contributed by atoms with Gasteiger partial charge < -0.3 is 15.2 Å². The lowest BCUT2D eigenvalue weighted by molar-refractivity contribution is -0.101. The minimum absolute atomic E-state index is 0.0432. The Kier molecular flexibility index (Phi) is 4.22. The summed E-state index contributed by atoms with van der Waals surface area (Å²) in [5.41, 5.74) is 5.86. The van der Waals surface area contributed by atoms with E-state index in [4.69, 9.17) is 15.2 Å². The number of ether oxygens (including phenoxy) is 2. The van der Waals surface area contributed by atoms with E-state index in [2.05, 4.69) is 6.92 Å². The first-order chi connectivity index (χ1) is 7.74. The molecule has 2 N–H and O–H groups in total. The van der Waals surface area contributed by atoms with Gasteiger partial charge in [-0.2, -0.15) is 0 Å². The Hall–Kier alpha value is -0.120. The zero-order chi connectivity index (χ0) is 11.4. The lowest BCUT2D eigenvalue weighted by atomic mass is 9.79. The molecule has 2 aliphatic rings. The van der Waals surface area contributed by atoms with Crippen molar-refractivity contribution in [1.29, 1.82) is 0 Å². The molecule has 0 aromatic heterocycles. The molecule has 0 radical (unpaired) electrons. The third-order valence-corrected chi connectivity index (χ3v) is 4.16. The molecule has 0 spiro atoms. The van der Waals surface area contributed by atoms with Crippen LogP contribution in [-0.2, 0) is 9.47 Å². The molecule has 0 aromatic rings. The van der Waals surface area contributed by atoms with E-state index in [1.807, 2.05) is 0 Å². The van der Waals surface area contributed by atoms with Crippen LogP contribution in [0.1, 0.15) is 45.4 Å². The van der Waals surface area contributed by atoms with Crippen LogP contribution < -0.4 is 5.73 Å². The van der Waals surface area contributed by atoms with Crippen molar-refractivity contribution < 1.29 is 9.47 Å². The summed E-state index contributed by atoms with van der Waals surface area (Å²) >= 11 is 0. The second-order valence-electron chi connectivity index (χ2n) is 5.52. The van der Waals surface area contributed by atoms with E-state index in [0.717, 1.165) is 38.4 Å². The number of rotatable bonds is 4. The smallest absolute Gasteiger partial charge is 0.0809 e. The first-order valence-corrected chi connectivity index (χ1v) is 6.70. The van der Waals surface area contributed by atoms with Crippen LogP contribution >= 0.6 is 0 Å². The van der Waals surface area contributed by atoms with Crippen molar-refractivity contribution >= 4 is 0 Å². The molecule has 1 saturated carbocycles. The number of hydrogen-bond acceptors (Lipinski definition) is 3. The van der Waals surface area contributed by atoms with Crippen molar-refractivity contribution in [1.82, 2.24) is 0 Å². The molecule has 0 aromatic carbocycles. The van der Waals surface area contributed by atoms with Gasteiger partial charge in [-0.1, -0.05) is 6.92 Å². The third-order valence-electron chi connectivity index (χ3n) is 4.16. The summed E-state index contributed by atoms with van der Waals surface area (Å²) in [4.78, 5) is 0. The maximum atomic E-state index is 6.10. The number of nitrogens with two attached hydrogens (primary N) is 1. The maximum absolute atomic E-state index is 6.10. The standard InChI is InChI=1S/C13H25NO2/c1-11-4-6-13(10-14,7-5-11)16-9-12-3-2-8-15-12/h11-12H,2-10,14H2,1H3. The van der Waals surface area contributed by atoms with Crippen LogP contribution in [0.5, 0.6) is 0 Å². The molecule has 16 heavy (non-hydrogen) atoms. The largest absolute Gasteiger partial charge is 0.376 e. The van der Waals surface area contributed by atoms with Crippen molar-refractivity contribution in [2.75, 3.05) is 19.8 Å². The average molecular weight is 227 g/mol. The topological polar surface area (TPSA) is 44.5 Å². The monoisotopic (exact) mass is 227 g/mol. The molecule has 2 rings (SSSR count). The second-order valence-corrected chi connectivity index (χ2v) is 5.52. The van der Waals surface area contributed by atoms with Gasteiger partial charge in [0.2, 0.25) is 0 Å². The molecule has 0 amide bonds. The minimum Gasteiger partial charge on any atom is -0.376 e. The molecule has 94 valence electrons. The van der Waals surface area contributed by atoms with Crippen LogP contribution in [-0.4, -0.2) is 31.5 Å². The molecular weight excluding hydrogens is 202 g/mol. The lowest BCUT2D eigenvalue weighted by Gasteiger charge is -2.39. The van der Waals surface area contributed by atoms with Crippen LogP contribution in [0.4, 0.5) is 0 Å². The van der Waals surface area contributed by atoms with Gasteiger partial charge in [-0.25, -0.2) is 0 Å². The van der Waals surface area contributed by atoms with Gasteiger partial charge in [0.1, 0.15) is 0 Å². The molecule has 1 unspecified atom stereocenters. The third kappa shape index (κ3) is 2.96. The van der Waals surface area contributed by atoms with Crippen molar-refractivity contribution in [2.24, 2.45) is 11.7 Å². The van der Waals surface area contributed by atoms with Crippen molar-refractivity contribution in [2.45, 2.75) is 57.2 Å². The van der Waals surface area contributed by atoms with Crippen molar-refractivity contribution in [3.05, 3.63) is 0 Å². The fourth-order valence-electron chi connectivity index (χ4n) is 2.74. The Morgan fingerprint density at radius 2 is 2.06 bits per heavy atom. The van der Waals surface area contributed by atoms with Crippen LogP contribution in [0.15, 0.2) is 0 Å². The van der Waals surface area contributed by atoms with E-state index < -0.39 is 0 Å². The summed E-state index contributed by atoms with van der Waals surface area (Å²) in [6.07, 6.45) is 7.40. The summed E-state index contributed by atoms with van der Waals surface area (Å²) in [6.45, 7) is 4.62. The summed E-state index contributed by atoms with van der Waals surface area (Å²) in [5, 5.41) is 0. The molecule has 2 fully saturated rings. The van der Waals surface area contributed by atoms with Crippen molar-refractivity contribution in [3.8, 4) is 0 Å². The van der Waals surface area contributed by atoms with Crippen LogP contribution in [0, 0.1) is 5.92 Å². The Bertz CT molecular complexity index is 206. The first kappa shape index (κ1) is 12.3. The minimum atomic E-state index is -0.0432. The zero-order valence-corrected chi connectivity index (χ0v) is 10.4. The van der Waals surface area contributed by atoms with E-state index in [-0.39, 0.29) is 5.60 Å². The average Bonchev–Trinajstić information content (AvgIpc) is 2.82. The maximum Gasteiger partial charge on any atom is 0.0809 e. The van der Waals surface area contributed by atoms with Crippen molar-refractivity contribution in [3.63, 3.8) is 0 Å². The van der Waals surface area contributed by atoms with Gasteiger partial charge in [0, 0.05) is 13.2 Å². The van der Waals surface area contributed by atoms with E-state index in [1.165, 1.54) is 19.3 Å². The van der Waals surface area contributed by atoms with Gasteiger partial charge in [0.25, 0.3) is 0 Å². The molecule has 1 atom stereocenters. The molecule has 3 nitrogen and oxygen atoms in total. The predicted molar refractivity (Wildman–Crippen MR) is 64.3 cm³/mol. The van der Waals surface area contributed by atoms with Gasteiger partial charge in [-0.3, -0.25) is 0 Å². The molecule has 0 bridgehead atoms. The van der Waals surface area contributed by atoms with Crippen LogP contribution in [0.2, 0.25) is 0 Å². The quantitative estimate of drug-likeness (QED) is 0.800. The Labute approximate surface area is 98.7 Å². The highest BCUT2D eigenvalue weighted by Gasteiger charge is 2.34. The molecular formula is C13H25NO2. The van der Waals surface area contributed by atoms with E-state index >= 15 is 0 Å². The summed E-state index contributed by atoms with van der Waals surface area (Å²) < 4.78 is 11.7. The highest BCUT2D eigenvalue weighted by molar-refractivity contribution is 4.87. The summed E-state index contributed by atoms with van der Waals surface area (Å²) in [5.74, 6) is 0.839. The van der Waals surface area contributed by atoms with Gasteiger partial charge in [0.05, 0.1) is 18.3 Å². The van der Waals surface area contributed by atoms with E-state index in [0.29, 0.717) is 12.6 Å². The van der Waals surface area contributed by atoms with Gasteiger partial charge in [-0.15, -0.1) is 0 Å². The fourth-order valence-corrected chi connectivity index (χ4v) is 2.74. The molecule has 1 aliphatic heterocycles. The van der Waals surface area contributed by atoms with E-state index in [9.17, 15) is 0 Å². The Balaban J connectivity index is 1.79. The normalized spacial score (nSPS) is 40.1. The fraction of sp³-hybridized carbons (Fsp3) is 1.00. The van der Waals surface area contributed by atoms with Gasteiger partial charge in [-0.05, 0) is 44.4 Å². The number of hydrogen-bond donors (Lipinski definition) is 1. The van der Waals surface area contributed by atoms with Gasteiger partial charge >= 0.3 is 0 Å². The molecule has 1 heterocycles. The van der Waals surface area contributed by atoms with Crippen LogP contribution in [0.25, 0.3) is 0 Å². The second kappa shape index (κ2) is 5.48. The van der Waals surface area contributed by atoms with Gasteiger partial charge in [0.15, 0.2) is 0 Å². The molecule has 3 heteroatoms. The van der Waals surface area contributed by atoms with Crippen LogP contribution in [0.3, 0.4) is 0 Å². The lowest BCUT2D eigenvalue weighted by Crippen LogP contribution is -2.45. The molecule has 1 saturated heterocycles. The predicted octanol–water partition coefficient (Wildman–Crippen LogP) is 2.09. The summed E-state index contributed by atoms with van der Waals surface area (Å²) in [6, 6.07) is 0. The highest BCUT2D eigenvalue weighted by atomic mass is 16.5. The SMILES string of the molecule is CC1CCC(CN)(OCC2CCCO2)CC1. The first-order valence-electron chi connectivity index (χ1n) is 6.70. The highest BCUT2D eigenvalue weighted by Crippen LogP contribution is 2.34. The Morgan fingerprint density at radius 3 is 2.62 bits per heavy atom. The van der Waals surface area contributed by atoms with E-state index in [1.54, 1.807) is 0 Å². The Morgan fingerprint density at radius 1 is 1.31 bits per heavy atom. The molecule has 1 aliphatic carbocycles. The zero-order valence-electron chi connectivity index (χ0n) is 10.4. The summed E-state index contributed by atoms with van der Waals surface area (Å²) in [7, 11) is 0.